The van der Waals surface area contributed by atoms with Crippen LogP contribution < -0.4 is 14.8 Å². The Balaban J connectivity index is 1.71. The van der Waals surface area contributed by atoms with Crippen molar-refractivity contribution in [2.24, 2.45) is 0 Å². The molecule has 5 nitrogen and oxygen atoms in total. The Morgan fingerprint density at radius 3 is 2.75 bits per heavy atom. The standard InChI is InChI=1S/C14H17N3O2S/c1-20-14-5-13-12(18-2-3-19-13)4-11(14)9-15-6-10-7-16-17-8-10/h4-5,7-8,15H,2-3,6,9H2,1H3,(H,16,17). The van der Waals surface area contributed by atoms with Crippen LogP contribution in [-0.2, 0) is 13.1 Å². The lowest BCUT2D eigenvalue weighted by Crippen LogP contribution is -2.17. The first-order valence-corrected chi connectivity index (χ1v) is 7.74. The molecule has 0 fully saturated rings. The molecule has 1 aliphatic rings. The van der Waals surface area contributed by atoms with Crippen LogP contribution in [0.1, 0.15) is 11.1 Å². The van der Waals surface area contributed by atoms with E-state index in [9.17, 15) is 0 Å². The third-order valence-corrected chi connectivity index (χ3v) is 3.96. The molecular formula is C14H17N3O2S. The van der Waals surface area contributed by atoms with Gasteiger partial charge in [-0.25, -0.2) is 0 Å². The minimum atomic E-state index is 0.619. The highest BCUT2D eigenvalue weighted by atomic mass is 32.2. The van der Waals surface area contributed by atoms with Gasteiger partial charge in [-0.2, -0.15) is 5.10 Å². The Labute approximate surface area is 122 Å². The summed E-state index contributed by atoms with van der Waals surface area (Å²) in [5, 5.41) is 10.2. The van der Waals surface area contributed by atoms with Gasteiger partial charge in [0.1, 0.15) is 13.2 Å². The number of nitrogens with one attached hydrogen (secondary N) is 2. The van der Waals surface area contributed by atoms with Crippen molar-refractivity contribution in [3.8, 4) is 11.5 Å². The monoisotopic (exact) mass is 291 g/mol. The number of hydrogen-bond acceptors (Lipinski definition) is 5. The maximum absolute atomic E-state index is 5.64. The van der Waals surface area contributed by atoms with Crippen molar-refractivity contribution in [3.63, 3.8) is 0 Å². The summed E-state index contributed by atoms with van der Waals surface area (Å²) in [5.41, 5.74) is 2.37. The van der Waals surface area contributed by atoms with Crippen LogP contribution in [0.4, 0.5) is 0 Å². The number of aromatic amines is 1. The molecule has 0 saturated carbocycles. The van der Waals surface area contributed by atoms with Crippen LogP contribution in [0.25, 0.3) is 0 Å². The highest BCUT2D eigenvalue weighted by molar-refractivity contribution is 7.98. The zero-order valence-corrected chi connectivity index (χ0v) is 12.1. The molecule has 1 aliphatic heterocycles. The second kappa shape index (κ2) is 6.19. The molecule has 2 heterocycles. The first-order chi connectivity index (χ1) is 9.86. The molecular weight excluding hydrogens is 274 g/mol. The first-order valence-electron chi connectivity index (χ1n) is 6.51. The van der Waals surface area contributed by atoms with E-state index in [-0.39, 0.29) is 0 Å². The van der Waals surface area contributed by atoms with Crippen LogP contribution in [0.2, 0.25) is 0 Å². The summed E-state index contributed by atoms with van der Waals surface area (Å²) in [6.45, 7) is 2.82. The van der Waals surface area contributed by atoms with Crippen LogP contribution in [-0.4, -0.2) is 29.7 Å². The number of benzene rings is 1. The van der Waals surface area contributed by atoms with Crippen molar-refractivity contribution in [1.82, 2.24) is 15.5 Å². The lowest BCUT2D eigenvalue weighted by atomic mass is 10.2. The number of rotatable bonds is 5. The van der Waals surface area contributed by atoms with E-state index in [1.54, 1.807) is 11.8 Å². The third-order valence-electron chi connectivity index (χ3n) is 3.14. The molecule has 0 unspecified atom stereocenters. The van der Waals surface area contributed by atoms with Gasteiger partial charge in [0.2, 0.25) is 0 Å². The summed E-state index contributed by atoms with van der Waals surface area (Å²) in [6.07, 6.45) is 5.80. The van der Waals surface area contributed by atoms with Crippen LogP contribution in [0.3, 0.4) is 0 Å². The van der Waals surface area contributed by atoms with Crippen LogP contribution >= 0.6 is 11.8 Å². The second-order valence-electron chi connectivity index (χ2n) is 4.52. The van der Waals surface area contributed by atoms with E-state index in [0.717, 1.165) is 30.2 Å². The number of H-pyrrole nitrogens is 1. The molecule has 106 valence electrons. The molecule has 1 aromatic heterocycles. The summed E-state index contributed by atoms with van der Waals surface area (Å²) in [7, 11) is 0. The Kier molecular flexibility index (Phi) is 4.13. The Hall–Kier alpha value is -1.66. The average Bonchev–Trinajstić information content (AvgIpc) is 3.00. The van der Waals surface area contributed by atoms with Gasteiger partial charge in [0.15, 0.2) is 11.5 Å². The number of nitrogens with zero attached hydrogens (tertiary/aromatic N) is 1. The molecule has 0 aliphatic carbocycles. The molecule has 0 saturated heterocycles. The molecule has 20 heavy (non-hydrogen) atoms. The van der Waals surface area contributed by atoms with Crippen LogP contribution in [0.5, 0.6) is 11.5 Å². The maximum Gasteiger partial charge on any atom is 0.162 e. The van der Waals surface area contributed by atoms with Crippen molar-refractivity contribution in [2.75, 3.05) is 19.5 Å². The van der Waals surface area contributed by atoms with Gasteiger partial charge >= 0.3 is 0 Å². The molecule has 0 spiro atoms. The van der Waals surface area contributed by atoms with E-state index >= 15 is 0 Å². The molecule has 6 heteroatoms. The minimum absolute atomic E-state index is 0.619. The minimum Gasteiger partial charge on any atom is -0.486 e. The number of aromatic nitrogens is 2. The van der Waals surface area contributed by atoms with Gasteiger partial charge in [-0.05, 0) is 24.0 Å². The van der Waals surface area contributed by atoms with Gasteiger partial charge in [0, 0.05) is 29.7 Å². The third kappa shape index (κ3) is 2.91. The lowest BCUT2D eigenvalue weighted by Gasteiger charge is -2.20. The number of ether oxygens (including phenoxy) is 2. The Morgan fingerprint density at radius 2 is 2.05 bits per heavy atom. The largest absolute Gasteiger partial charge is 0.486 e. The zero-order valence-electron chi connectivity index (χ0n) is 11.3. The van der Waals surface area contributed by atoms with E-state index in [1.807, 2.05) is 12.4 Å². The molecule has 3 rings (SSSR count). The van der Waals surface area contributed by atoms with Crippen molar-refractivity contribution in [2.45, 2.75) is 18.0 Å². The quantitative estimate of drug-likeness (QED) is 0.827. The van der Waals surface area contributed by atoms with Gasteiger partial charge in [-0.1, -0.05) is 0 Å². The summed E-state index contributed by atoms with van der Waals surface area (Å²) < 4.78 is 11.3. The maximum atomic E-state index is 5.64. The lowest BCUT2D eigenvalue weighted by molar-refractivity contribution is 0.171. The average molecular weight is 291 g/mol. The van der Waals surface area contributed by atoms with Crippen LogP contribution in [0, 0.1) is 0 Å². The Bertz CT molecular complexity index is 572. The van der Waals surface area contributed by atoms with Gasteiger partial charge in [-0.3, -0.25) is 5.10 Å². The highest BCUT2D eigenvalue weighted by Crippen LogP contribution is 2.36. The molecule has 0 atom stereocenters. The van der Waals surface area contributed by atoms with Gasteiger partial charge in [0.25, 0.3) is 0 Å². The summed E-state index contributed by atoms with van der Waals surface area (Å²) >= 11 is 1.72. The highest BCUT2D eigenvalue weighted by Gasteiger charge is 2.15. The molecule has 0 amide bonds. The number of fused-ring (bicyclic) bond motifs is 1. The topological polar surface area (TPSA) is 59.2 Å². The second-order valence-corrected chi connectivity index (χ2v) is 5.37. The zero-order chi connectivity index (χ0) is 13.8. The van der Waals surface area contributed by atoms with Gasteiger partial charge in [0.05, 0.1) is 6.20 Å². The SMILES string of the molecule is CSc1cc2c(cc1CNCc1cn[nH]c1)OCCO2. The fraction of sp³-hybridized carbons (Fsp3) is 0.357. The number of thioether (sulfide) groups is 1. The molecule has 1 aromatic carbocycles. The van der Waals surface area contributed by atoms with Crippen molar-refractivity contribution < 1.29 is 9.47 Å². The summed E-state index contributed by atoms with van der Waals surface area (Å²) in [6, 6.07) is 4.14. The predicted molar refractivity (Wildman–Crippen MR) is 78.3 cm³/mol. The smallest absolute Gasteiger partial charge is 0.162 e. The summed E-state index contributed by atoms with van der Waals surface area (Å²) in [5.74, 6) is 1.69. The Morgan fingerprint density at radius 1 is 1.25 bits per heavy atom. The molecule has 2 N–H and O–H groups in total. The van der Waals surface area contributed by atoms with Crippen molar-refractivity contribution in [3.05, 3.63) is 35.7 Å². The molecule has 0 bridgehead atoms. The van der Waals surface area contributed by atoms with Gasteiger partial charge in [-0.15, -0.1) is 11.8 Å². The van der Waals surface area contributed by atoms with E-state index in [0.29, 0.717) is 13.2 Å². The van der Waals surface area contributed by atoms with Crippen molar-refractivity contribution >= 4 is 11.8 Å². The normalized spacial score (nSPS) is 13.4. The number of hydrogen-bond donors (Lipinski definition) is 2. The first kappa shape index (κ1) is 13.3. The van der Waals surface area contributed by atoms with Gasteiger partial charge < -0.3 is 14.8 Å². The predicted octanol–water partition coefficient (Wildman–Crippen LogP) is 2.19. The molecule has 0 radical (unpaired) electrons. The van der Waals surface area contributed by atoms with Crippen molar-refractivity contribution in [1.29, 1.82) is 0 Å². The fourth-order valence-electron chi connectivity index (χ4n) is 2.16. The fourth-order valence-corrected chi connectivity index (χ4v) is 2.77. The van der Waals surface area contributed by atoms with E-state index in [2.05, 4.69) is 33.9 Å². The van der Waals surface area contributed by atoms with E-state index in [1.165, 1.54) is 10.5 Å². The van der Waals surface area contributed by atoms with E-state index < -0.39 is 0 Å². The summed E-state index contributed by atoms with van der Waals surface area (Å²) in [4.78, 5) is 1.22. The van der Waals surface area contributed by atoms with E-state index in [4.69, 9.17) is 9.47 Å². The van der Waals surface area contributed by atoms with Crippen LogP contribution in [0.15, 0.2) is 29.4 Å². The molecule has 2 aromatic rings.